The molecule has 0 saturated carbocycles. The number of carbonyl (C=O) groups excluding carboxylic acids is 2. The van der Waals surface area contributed by atoms with Crippen LogP contribution in [0.2, 0.25) is 0 Å². The van der Waals surface area contributed by atoms with Gasteiger partial charge in [-0.15, -0.1) is 0 Å². The van der Waals surface area contributed by atoms with Crippen molar-refractivity contribution >= 4 is 11.9 Å². The predicted octanol–water partition coefficient (Wildman–Crippen LogP) is 0.274. The van der Waals surface area contributed by atoms with Gasteiger partial charge in [0.25, 0.3) is 0 Å². The second-order valence-electron chi connectivity index (χ2n) is 2.72. The molecular formula is C8H15NO3. The summed E-state index contributed by atoms with van der Waals surface area (Å²) in [7, 11) is 4.52. The van der Waals surface area contributed by atoms with Gasteiger partial charge in [-0.3, -0.25) is 9.59 Å². The molecule has 1 atom stereocenters. The van der Waals surface area contributed by atoms with Gasteiger partial charge in [0, 0.05) is 14.1 Å². The zero-order chi connectivity index (χ0) is 9.72. The van der Waals surface area contributed by atoms with E-state index in [-0.39, 0.29) is 5.91 Å². The number of carbonyl (C=O) groups is 2. The number of nitrogens with zero attached hydrogens (tertiary/aromatic N) is 1. The molecule has 1 amide bonds. The molecule has 1 unspecified atom stereocenters. The van der Waals surface area contributed by atoms with Gasteiger partial charge in [0.1, 0.15) is 5.92 Å². The van der Waals surface area contributed by atoms with Gasteiger partial charge in [0.15, 0.2) is 0 Å². The number of methoxy groups -OCH3 is 1. The molecule has 0 radical (unpaired) electrons. The SMILES string of the molecule is CCC(C(=O)OC)C(=O)N(C)C. The van der Waals surface area contributed by atoms with E-state index in [2.05, 4.69) is 4.74 Å². The van der Waals surface area contributed by atoms with Gasteiger partial charge in [0.05, 0.1) is 7.11 Å². The fourth-order valence-electron chi connectivity index (χ4n) is 0.896. The van der Waals surface area contributed by atoms with Gasteiger partial charge >= 0.3 is 5.97 Å². The van der Waals surface area contributed by atoms with E-state index in [4.69, 9.17) is 0 Å². The number of rotatable bonds is 3. The maximum absolute atomic E-state index is 11.3. The highest BCUT2D eigenvalue weighted by Gasteiger charge is 2.26. The third-order valence-corrected chi connectivity index (χ3v) is 1.63. The number of ether oxygens (including phenoxy) is 1. The third-order valence-electron chi connectivity index (χ3n) is 1.63. The summed E-state index contributed by atoms with van der Waals surface area (Å²) in [4.78, 5) is 23.7. The molecule has 0 aromatic carbocycles. The lowest BCUT2D eigenvalue weighted by atomic mass is 10.1. The van der Waals surface area contributed by atoms with Crippen LogP contribution in [0.15, 0.2) is 0 Å². The van der Waals surface area contributed by atoms with Crippen LogP contribution in [0, 0.1) is 5.92 Å². The van der Waals surface area contributed by atoms with Crippen LogP contribution in [0.3, 0.4) is 0 Å². The van der Waals surface area contributed by atoms with Crippen LogP contribution >= 0.6 is 0 Å². The van der Waals surface area contributed by atoms with Crippen molar-refractivity contribution < 1.29 is 14.3 Å². The van der Waals surface area contributed by atoms with Gasteiger partial charge in [-0.05, 0) is 6.42 Å². The largest absolute Gasteiger partial charge is 0.468 e. The van der Waals surface area contributed by atoms with Crippen LogP contribution in [-0.2, 0) is 14.3 Å². The molecule has 0 aliphatic carbocycles. The van der Waals surface area contributed by atoms with E-state index in [0.717, 1.165) is 0 Å². The lowest BCUT2D eigenvalue weighted by molar-refractivity contribution is -0.152. The van der Waals surface area contributed by atoms with E-state index in [1.807, 2.05) is 0 Å². The van der Waals surface area contributed by atoms with Crippen molar-refractivity contribution in [2.75, 3.05) is 21.2 Å². The predicted molar refractivity (Wildman–Crippen MR) is 44.5 cm³/mol. The highest BCUT2D eigenvalue weighted by molar-refractivity contribution is 5.97. The fraction of sp³-hybridized carbons (Fsp3) is 0.750. The molecule has 0 spiro atoms. The Morgan fingerprint density at radius 1 is 1.42 bits per heavy atom. The average molecular weight is 173 g/mol. The second-order valence-corrected chi connectivity index (χ2v) is 2.72. The van der Waals surface area contributed by atoms with Crippen molar-refractivity contribution in [2.45, 2.75) is 13.3 Å². The molecule has 0 fully saturated rings. The molecule has 0 aliphatic heterocycles. The van der Waals surface area contributed by atoms with Crippen molar-refractivity contribution in [1.82, 2.24) is 4.90 Å². The summed E-state index contributed by atoms with van der Waals surface area (Å²) in [5.41, 5.74) is 0. The van der Waals surface area contributed by atoms with E-state index in [1.54, 1.807) is 21.0 Å². The maximum atomic E-state index is 11.3. The Balaban J connectivity index is 4.34. The summed E-state index contributed by atoms with van der Waals surface area (Å²) >= 11 is 0. The molecule has 0 bridgehead atoms. The molecule has 4 heteroatoms. The van der Waals surface area contributed by atoms with E-state index in [0.29, 0.717) is 6.42 Å². The Kier molecular flexibility index (Phi) is 4.33. The first kappa shape index (κ1) is 10.9. The Labute approximate surface area is 72.5 Å². The summed E-state index contributed by atoms with van der Waals surface area (Å²) in [6.07, 6.45) is 0.476. The van der Waals surface area contributed by atoms with E-state index in [1.165, 1.54) is 12.0 Å². The summed E-state index contributed by atoms with van der Waals surface area (Å²) in [6.45, 7) is 1.78. The molecule has 0 N–H and O–H groups in total. The van der Waals surface area contributed by atoms with Gasteiger partial charge in [0.2, 0.25) is 5.91 Å². The normalized spacial score (nSPS) is 12.0. The second kappa shape index (κ2) is 4.74. The minimum Gasteiger partial charge on any atom is -0.468 e. The van der Waals surface area contributed by atoms with Crippen LogP contribution in [0.25, 0.3) is 0 Å². The highest BCUT2D eigenvalue weighted by Crippen LogP contribution is 2.07. The van der Waals surface area contributed by atoms with Crippen LogP contribution in [0.4, 0.5) is 0 Å². The average Bonchev–Trinajstić information content (AvgIpc) is 2.05. The number of hydrogen-bond acceptors (Lipinski definition) is 3. The van der Waals surface area contributed by atoms with E-state index in [9.17, 15) is 9.59 Å². The van der Waals surface area contributed by atoms with Crippen LogP contribution in [-0.4, -0.2) is 38.0 Å². The standard InChI is InChI=1S/C8H15NO3/c1-5-6(8(11)12-4)7(10)9(2)3/h6H,5H2,1-4H3. The van der Waals surface area contributed by atoms with Crippen molar-refractivity contribution in [3.8, 4) is 0 Å². The van der Waals surface area contributed by atoms with Gasteiger partial charge in [-0.25, -0.2) is 0 Å². The molecular weight excluding hydrogens is 158 g/mol. The van der Waals surface area contributed by atoms with Crippen molar-refractivity contribution in [3.05, 3.63) is 0 Å². The molecule has 12 heavy (non-hydrogen) atoms. The fourth-order valence-corrected chi connectivity index (χ4v) is 0.896. The summed E-state index contributed by atoms with van der Waals surface area (Å²) < 4.78 is 4.49. The first-order valence-corrected chi connectivity index (χ1v) is 3.83. The van der Waals surface area contributed by atoms with E-state index < -0.39 is 11.9 Å². The van der Waals surface area contributed by atoms with E-state index >= 15 is 0 Å². The van der Waals surface area contributed by atoms with Crippen LogP contribution < -0.4 is 0 Å². The first-order valence-electron chi connectivity index (χ1n) is 3.83. The number of amides is 1. The number of esters is 1. The van der Waals surface area contributed by atoms with Crippen molar-refractivity contribution in [2.24, 2.45) is 5.92 Å². The molecule has 0 aromatic heterocycles. The molecule has 0 aromatic rings. The van der Waals surface area contributed by atoms with Gasteiger partial charge < -0.3 is 9.64 Å². The first-order chi connectivity index (χ1) is 5.54. The van der Waals surface area contributed by atoms with Crippen molar-refractivity contribution in [1.29, 1.82) is 0 Å². The third kappa shape index (κ3) is 2.53. The van der Waals surface area contributed by atoms with Crippen molar-refractivity contribution in [3.63, 3.8) is 0 Å². The summed E-state index contributed by atoms with van der Waals surface area (Å²) in [5, 5.41) is 0. The van der Waals surface area contributed by atoms with Gasteiger partial charge in [-0.1, -0.05) is 6.92 Å². The van der Waals surface area contributed by atoms with Crippen LogP contribution in [0.1, 0.15) is 13.3 Å². The Morgan fingerprint density at radius 3 is 2.17 bits per heavy atom. The lowest BCUT2D eigenvalue weighted by Crippen LogP contribution is -2.34. The zero-order valence-electron chi connectivity index (χ0n) is 7.96. The smallest absolute Gasteiger partial charge is 0.318 e. The maximum Gasteiger partial charge on any atom is 0.318 e. The van der Waals surface area contributed by atoms with Gasteiger partial charge in [-0.2, -0.15) is 0 Å². The minimum atomic E-state index is -0.648. The zero-order valence-corrected chi connectivity index (χ0v) is 7.96. The Morgan fingerprint density at radius 2 is 1.92 bits per heavy atom. The molecule has 70 valence electrons. The lowest BCUT2D eigenvalue weighted by Gasteiger charge is -2.16. The molecule has 0 heterocycles. The topological polar surface area (TPSA) is 46.6 Å². The molecule has 0 rings (SSSR count). The summed E-state index contributed by atoms with van der Waals surface area (Å²) in [6, 6.07) is 0. The Bertz CT molecular complexity index is 177. The number of hydrogen-bond donors (Lipinski definition) is 0. The molecule has 0 saturated heterocycles. The monoisotopic (exact) mass is 173 g/mol. The molecule has 4 nitrogen and oxygen atoms in total. The highest BCUT2D eigenvalue weighted by atomic mass is 16.5. The quantitative estimate of drug-likeness (QED) is 0.454. The molecule has 0 aliphatic rings. The Hall–Kier alpha value is -1.06. The summed E-state index contributed by atoms with van der Waals surface area (Å²) in [5.74, 6) is -1.31. The van der Waals surface area contributed by atoms with Crippen LogP contribution in [0.5, 0.6) is 0 Å². The minimum absolute atomic E-state index is 0.204.